The molecule has 12 heteroatoms. The lowest BCUT2D eigenvalue weighted by Crippen LogP contribution is -2.68. The summed E-state index contributed by atoms with van der Waals surface area (Å²) in [5.41, 5.74) is 1.76. The van der Waals surface area contributed by atoms with Gasteiger partial charge in [-0.2, -0.15) is 0 Å². The Morgan fingerprint density at radius 1 is 1.18 bits per heavy atom. The van der Waals surface area contributed by atoms with E-state index in [1.165, 1.54) is 24.7 Å². The lowest BCUT2D eigenvalue weighted by Gasteiger charge is -2.46. The van der Waals surface area contributed by atoms with Crippen molar-refractivity contribution in [3.8, 4) is 28.2 Å². The number of ether oxygens (including phenoxy) is 2. The summed E-state index contributed by atoms with van der Waals surface area (Å²) >= 11 is 1.38. The number of carbonyl (C=O) groups is 2. The molecule has 45 heavy (non-hydrogen) atoms. The molecule has 0 radical (unpaired) electrons. The van der Waals surface area contributed by atoms with Crippen LogP contribution in [-0.2, 0) is 14.3 Å². The number of fused-ring (bicyclic) bond motifs is 1. The molecule has 6 N–H and O–H groups in total. The van der Waals surface area contributed by atoms with E-state index >= 15 is 0 Å². The van der Waals surface area contributed by atoms with Crippen molar-refractivity contribution in [1.82, 2.24) is 10.3 Å². The fourth-order valence-electron chi connectivity index (χ4n) is 5.24. The first-order valence-corrected chi connectivity index (χ1v) is 15.9. The number of aliphatic hydroxyl groups is 4. The summed E-state index contributed by atoms with van der Waals surface area (Å²) in [6, 6.07) is 11.3. The minimum atomic E-state index is -2.56. The number of carboxylic acid groups (broad SMARTS) is 1. The number of rotatable bonds is 13. The Balaban J connectivity index is 1.74. The molecule has 0 spiro atoms. The van der Waals surface area contributed by atoms with Gasteiger partial charge in [-0.05, 0) is 36.8 Å². The fourth-order valence-corrected chi connectivity index (χ4v) is 6.24. The fraction of sp³-hybridized carbons (Fsp3) is 0.485. The van der Waals surface area contributed by atoms with Crippen LogP contribution in [0, 0.1) is 11.8 Å². The lowest BCUT2D eigenvalue weighted by atomic mass is 9.88. The molecule has 1 aliphatic heterocycles. The molecule has 0 saturated carbocycles. The molecule has 2 aromatic carbocycles. The number of unbranched alkanes of at least 4 members (excludes halogenated alkanes) is 5. The van der Waals surface area contributed by atoms with Crippen LogP contribution >= 0.6 is 11.3 Å². The van der Waals surface area contributed by atoms with Gasteiger partial charge in [-0.15, -0.1) is 11.3 Å². The Labute approximate surface area is 265 Å². The summed E-state index contributed by atoms with van der Waals surface area (Å²) in [6.07, 6.45) is -1.28. The maximum absolute atomic E-state index is 12.9. The largest absolute Gasteiger partial charge is 0.476 e. The van der Waals surface area contributed by atoms with Crippen molar-refractivity contribution in [2.45, 2.75) is 95.0 Å². The molecule has 4 rings (SSSR count). The third kappa shape index (κ3) is 8.38. The first kappa shape index (κ1) is 34.3. The number of thiazole rings is 1. The second-order valence-corrected chi connectivity index (χ2v) is 12.2. The lowest BCUT2D eigenvalue weighted by molar-refractivity contribution is -0.284. The van der Waals surface area contributed by atoms with Gasteiger partial charge in [-0.25, -0.2) is 9.78 Å². The number of benzene rings is 2. The molecule has 0 bridgehead atoms. The number of para-hydroxylation sites is 1. The van der Waals surface area contributed by atoms with Crippen molar-refractivity contribution in [1.29, 1.82) is 0 Å². The number of aliphatic hydroxyl groups excluding tert-OH is 4. The van der Waals surface area contributed by atoms with Gasteiger partial charge in [0.25, 0.3) is 0 Å². The third-order valence-corrected chi connectivity index (χ3v) is 8.67. The summed E-state index contributed by atoms with van der Waals surface area (Å²) in [5, 5.41) is 55.0. The minimum Gasteiger partial charge on any atom is -0.476 e. The molecular weight excluding hydrogens is 600 g/mol. The second kappa shape index (κ2) is 15.6. The van der Waals surface area contributed by atoms with Crippen molar-refractivity contribution in [3.05, 3.63) is 48.0 Å². The van der Waals surface area contributed by atoms with E-state index in [1.54, 1.807) is 18.2 Å². The van der Waals surface area contributed by atoms with Gasteiger partial charge in [-0.1, -0.05) is 56.6 Å². The van der Waals surface area contributed by atoms with Crippen molar-refractivity contribution < 1.29 is 44.6 Å². The van der Waals surface area contributed by atoms with Gasteiger partial charge in [0.1, 0.15) is 29.1 Å². The third-order valence-electron chi connectivity index (χ3n) is 7.61. The predicted octanol–water partition coefficient (Wildman–Crippen LogP) is 3.20. The zero-order valence-electron chi connectivity index (χ0n) is 25.3. The average molecular weight is 641 g/mol. The summed E-state index contributed by atoms with van der Waals surface area (Å²) in [5.74, 6) is 1.58. The van der Waals surface area contributed by atoms with Crippen LogP contribution in [0.2, 0.25) is 0 Å². The SMILES string of the molecule is CCCCCCCC#Cc1ccc(-c2nc3ccccc3s2)c(OC2(C(=O)O)C[C@H](O)[C@@H](NC(C)=O)[C@@H]([C@H](O)[C@H](O)CO)O2)c1. The highest BCUT2D eigenvalue weighted by atomic mass is 32.1. The Kier molecular flexibility index (Phi) is 11.9. The number of carboxylic acids is 1. The molecular formula is C33H40N2O9S. The molecule has 1 saturated heterocycles. The van der Waals surface area contributed by atoms with E-state index in [0.717, 1.165) is 35.9 Å². The van der Waals surface area contributed by atoms with E-state index < -0.39 is 61.1 Å². The number of carbonyl (C=O) groups excluding carboxylic acids is 1. The number of aromatic nitrogens is 1. The monoisotopic (exact) mass is 640 g/mol. The maximum atomic E-state index is 12.9. The van der Waals surface area contributed by atoms with E-state index in [4.69, 9.17) is 14.5 Å². The van der Waals surface area contributed by atoms with Crippen molar-refractivity contribution in [3.63, 3.8) is 0 Å². The predicted molar refractivity (Wildman–Crippen MR) is 169 cm³/mol. The van der Waals surface area contributed by atoms with Crippen molar-refractivity contribution >= 4 is 33.4 Å². The topological polar surface area (TPSA) is 179 Å². The normalized spacial score (nSPS) is 22.7. The Hall–Kier alpha value is -3.57. The second-order valence-electron chi connectivity index (χ2n) is 11.1. The molecule has 1 aliphatic rings. The number of nitrogens with one attached hydrogen (secondary N) is 1. The summed E-state index contributed by atoms with van der Waals surface area (Å²) in [4.78, 5) is 29.5. The highest BCUT2D eigenvalue weighted by molar-refractivity contribution is 7.21. The van der Waals surface area contributed by atoms with Gasteiger partial charge >= 0.3 is 11.8 Å². The molecule has 1 amide bonds. The number of amides is 1. The molecule has 11 nitrogen and oxygen atoms in total. The van der Waals surface area contributed by atoms with E-state index in [-0.39, 0.29) is 5.75 Å². The molecule has 1 aromatic heterocycles. The van der Waals surface area contributed by atoms with Crippen LogP contribution in [0.25, 0.3) is 20.8 Å². The molecule has 1 unspecified atom stereocenters. The van der Waals surface area contributed by atoms with Crippen molar-refractivity contribution in [2.75, 3.05) is 6.61 Å². The number of hydrogen-bond donors (Lipinski definition) is 6. The van der Waals surface area contributed by atoms with Gasteiger partial charge < -0.3 is 40.3 Å². The number of hydrogen-bond acceptors (Lipinski definition) is 10. The molecule has 6 atom stereocenters. The standard InChI is InChI=1S/C33H40N2O9S/c1-3-4-5-6-7-8-9-12-21-15-16-22(31-35-23-13-10-11-14-27(23)45-31)26(17-21)43-33(32(41)42)18-24(38)28(34-20(2)37)30(44-33)29(40)25(39)19-36/h10-11,13-17,24-25,28-30,36,38-40H,3-8,18-19H2,1-2H3,(H,34,37)(H,41,42)/t24-,25+,28+,29+,30-,33?/m0/s1. The quantitative estimate of drug-likeness (QED) is 0.120. The van der Waals surface area contributed by atoms with Crippen LogP contribution in [0.5, 0.6) is 5.75 Å². The van der Waals surface area contributed by atoms with Gasteiger partial charge in [-0.3, -0.25) is 4.79 Å². The van der Waals surface area contributed by atoms with Gasteiger partial charge in [0.05, 0.1) is 41.0 Å². The maximum Gasteiger partial charge on any atom is 0.377 e. The summed E-state index contributed by atoms with van der Waals surface area (Å²) in [6.45, 7) is 2.45. The molecule has 242 valence electrons. The van der Waals surface area contributed by atoms with E-state index in [9.17, 15) is 35.1 Å². The molecule has 1 fully saturated rings. The van der Waals surface area contributed by atoms with Crippen LogP contribution in [-0.4, -0.2) is 85.2 Å². The zero-order valence-corrected chi connectivity index (χ0v) is 26.1. The Morgan fingerprint density at radius 2 is 1.93 bits per heavy atom. The first-order chi connectivity index (χ1) is 21.6. The Bertz CT molecular complexity index is 1500. The van der Waals surface area contributed by atoms with Crippen LogP contribution in [0.3, 0.4) is 0 Å². The number of nitrogens with zero attached hydrogens (tertiary/aromatic N) is 1. The van der Waals surface area contributed by atoms with Crippen LogP contribution in [0.15, 0.2) is 42.5 Å². The highest BCUT2D eigenvalue weighted by Crippen LogP contribution is 2.41. The van der Waals surface area contributed by atoms with Crippen LogP contribution in [0.1, 0.15) is 64.4 Å². The highest BCUT2D eigenvalue weighted by Gasteiger charge is 2.57. The molecule has 2 heterocycles. The summed E-state index contributed by atoms with van der Waals surface area (Å²) < 4.78 is 12.9. The van der Waals surface area contributed by atoms with Crippen molar-refractivity contribution in [2.24, 2.45) is 0 Å². The van der Waals surface area contributed by atoms with Crippen LogP contribution < -0.4 is 10.1 Å². The number of aliphatic carboxylic acids is 1. The van der Waals surface area contributed by atoms with Gasteiger partial charge in [0.15, 0.2) is 0 Å². The molecule has 3 aromatic rings. The van der Waals surface area contributed by atoms with E-state index in [0.29, 0.717) is 22.6 Å². The van der Waals surface area contributed by atoms with Gasteiger partial charge in [0, 0.05) is 18.9 Å². The average Bonchev–Trinajstić information content (AvgIpc) is 3.45. The molecule has 0 aliphatic carbocycles. The minimum absolute atomic E-state index is 0.0623. The van der Waals surface area contributed by atoms with Gasteiger partial charge in [0.2, 0.25) is 5.91 Å². The van der Waals surface area contributed by atoms with E-state index in [1.807, 2.05) is 24.3 Å². The zero-order chi connectivity index (χ0) is 32.6. The first-order valence-electron chi connectivity index (χ1n) is 15.1. The summed E-state index contributed by atoms with van der Waals surface area (Å²) in [7, 11) is 0. The van der Waals surface area contributed by atoms with Crippen LogP contribution in [0.4, 0.5) is 0 Å². The smallest absolute Gasteiger partial charge is 0.377 e. The van der Waals surface area contributed by atoms with E-state index in [2.05, 4.69) is 24.1 Å². The Morgan fingerprint density at radius 3 is 2.62 bits per heavy atom.